The summed E-state index contributed by atoms with van der Waals surface area (Å²) >= 11 is 0. The molecule has 1 fully saturated rings. The topological polar surface area (TPSA) is 21.3 Å². The Bertz CT molecular complexity index is 333. The first-order valence-corrected chi connectivity index (χ1v) is 6.74. The summed E-state index contributed by atoms with van der Waals surface area (Å²) in [6, 6.07) is 8.66. The summed E-state index contributed by atoms with van der Waals surface area (Å²) in [5.74, 6) is 0.968. The maximum Gasteiger partial charge on any atom is 0.0716 e. The highest BCUT2D eigenvalue weighted by Crippen LogP contribution is 2.32. The van der Waals surface area contributed by atoms with E-state index in [2.05, 4.69) is 36.5 Å². The summed E-state index contributed by atoms with van der Waals surface area (Å²) in [5.41, 5.74) is 2.63. The first kappa shape index (κ1) is 12.6. The van der Waals surface area contributed by atoms with Crippen molar-refractivity contribution in [3.8, 4) is 0 Å². The molecule has 0 aliphatic heterocycles. The van der Waals surface area contributed by atoms with Gasteiger partial charge in [0.15, 0.2) is 0 Å². The Morgan fingerprint density at radius 1 is 1.29 bits per heavy atom. The molecule has 94 valence electrons. The molecule has 0 unspecified atom stereocenters. The summed E-state index contributed by atoms with van der Waals surface area (Å²) in [7, 11) is 0. The van der Waals surface area contributed by atoms with Gasteiger partial charge in [-0.25, -0.2) is 0 Å². The molecule has 17 heavy (non-hydrogen) atoms. The maximum absolute atomic E-state index is 5.71. The number of rotatable bonds is 8. The SMILES string of the molecule is CCNCc1cccc(COCCC2CC2)c1. The number of hydrogen-bond acceptors (Lipinski definition) is 2. The number of hydrogen-bond donors (Lipinski definition) is 1. The highest BCUT2D eigenvalue weighted by Gasteiger charge is 2.20. The predicted molar refractivity (Wildman–Crippen MR) is 70.8 cm³/mol. The largest absolute Gasteiger partial charge is 0.377 e. The Morgan fingerprint density at radius 2 is 2.12 bits per heavy atom. The first-order valence-electron chi connectivity index (χ1n) is 6.74. The van der Waals surface area contributed by atoms with E-state index in [0.29, 0.717) is 0 Å². The minimum Gasteiger partial charge on any atom is -0.377 e. The Hall–Kier alpha value is -0.860. The standard InChI is InChI=1S/C15H23NO/c1-2-16-11-14-4-3-5-15(10-14)12-17-9-8-13-6-7-13/h3-5,10,13,16H,2,6-9,11-12H2,1H3. The molecule has 0 spiro atoms. The van der Waals surface area contributed by atoms with E-state index in [4.69, 9.17) is 4.74 Å². The number of nitrogens with one attached hydrogen (secondary N) is 1. The van der Waals surface area contributed by atoms with Crippen LogP contribution in [-0.2, 0) is 17.9 Å². The van der Waals surface area contributed by atoms with E-state index < -0.39 is 0 Å². The number of benzene rings is 1. The van der Waals surface area contributed by atoms with Crippen LogP contribution in [0.15, 0.2) is 24.3 Å². The lowest BCUT2D eigenvalue weighted by molar-refractivity contribution is 0.115. The zero-order chi connectivity index (χ0) is 11.9. The molecule has 2 nitrogen and oxygen atoms in total. The monoisotopic (exact) mass is 233 g/mol. The highest BCUT2D eigenvalue weighted by atomic mass is 16.5. The van der Waals surface area contributed by atoms with Crippen molar-refractivity contribution in [1.82, 2.24) is 5.32 Å². The van der Waals surface area contributed by atoms with E-state index in [1.165, 1.54) is 30.4 Å². The predicted octanol–water partition coefficient (Wildman–Crippen LogP) is 3.11. The van der Waals surface area contributed by atoms with Gasteiger partial charge in [-0.3, -0.25) is 0 Å². The normalized spacial score (nSPS) is 15.1. The fourth-order valence-electron chi connectivity index (χ4n) is 1.95. The van der Waals surface area contributed by atoms with Crippen LogP contribution in [0, 0.1) is 5.92 Å². The second kappa shape index (κ2) is 6.77. The molecule has 1 aliphatic rings. The van der Waals surface area contributed by atoms with Crippen molar-refractivity contribution in [1.29, 1.82) is 0 Å². The Morgan fingerprint density at radius 3 is 2.88 bits per heavy atom. The van der Waals surface area contributed by atoms with E-state index in [1.807, 2.05) is 0 Å². The molecule has 0 atom stereocenters. The third-order valence-electron chi connectivity index (χ3n) is 3.21. The molecule has 0 amide bonds. The third kappa shape index (κ3) is 4.88. The number of ether oxygens (including phenoxy) is 1. The molecule has 0 bridgehead atoms. The molecule has 1 aromatic carbocycles. The lowest BCUT2D eigenvalue weighted by Gasteiger charge is -2.07. The van der Waals surface area contributed by atoms with Crippen molar-refractivity contribution in [3.63, 3.8) is 0 Å². The molecule has 1 aromatic rings. The van der Waals surface area contributed by atoms with Gasteiger partial charge in [0.2, 0.25) is 0 Å². The van der Waals surface area contributed by atoms with Crippen molar-refractivity contribution in [3.05, 3.63) is 35.4 Å². The van der Waals surface area contributed by atoms with Crippen LogP contribution < -0.4 is 5.32 Å². The van der Waals surface area contributed by atoms with Crippen molar-refractivity contribution in [2.45, 2.75) is 39.3 Å². The molecular formula is C15H23NO. The molecule has 1 N–H and O–H groups in total. The van der Waals surface area contributed by atoms with Crippen LogP contribution in [0.1, 0.15) is 37.3 Å². The van der Waals surface area contributed by atoms with Crippen molar-refractivity contribution in [2.75, 3.05) is 13.2 Å². The molecule has 1 aliphatic carbocycles. The molecule has 1 saturated carbocycles. The summed E-state index contributed by atoms with van der Waals surface area (Å²) in [4.78, 5) is 0. The Kier molecular flexibility index (Phi) is 5.02. The molecule has 0 heterocycles. The molecule has 0 radical (unpaired) electrons. The summed E-state index contributed by atoms with van der Waals surface area (Å²) in [6.07, 6.45) is 4.08. The van der Waals surface area contributed by atoms with Gasteiger partial charge in [-0.15, -0.1) is 0 Å². The van der Waals surface area contributed by atoms with Crippen LogP contribution in [0.3, 0.4) is 0 Å². The van der Waals surface area contributed by atoms with Crippen molar-refractivity contribution < 1.29 is 4.74 Å². The van der Waals surface area contributed by atoms with Crippen molar-refractivity contribution in [2.24, 2.45) is 5.92 Å². The fourth-order valence-corrected chi connectivity index (χ4v) is 1.95. The lowest BCUT2D eigenvalue weighted by Crippen LogP contribution is -2.11. The fraction of sp³-hybridized carbons (Fsp3) is 0.600. The summed E-state index contributed by atoms with van der Waals surface area (Å²) in [6.45, 7) is 5.77. The Balaban J connectivity index is 1.70. The lowest BCUT2D eigenvalue weighted by atomic mass is 10.1. The van der Waals surface area contributed by atoms with Gasteiger partial charge in [-0.1, -0.05) is 44.0 Å². The average molecular weight is 233 g/mol. The molecular weight excluding hydrogens is 210 g/mol. The maximum atomic E-state index is 5.71. The van der Waals surface area contributed by atoms with Gasteiger partial charge in [0.05, 0.1) is 6.61 Å². The van der Waals surface area contributed by atoms with Crippen LogP contribution in [0.5, 0.6) is 0 Å². The smallest absolute Gasteiger partial charge is 0.0716 e. The van der Waals surface area contributed by atoms with E-state index in [9.17, 15) is 0 Å². The first-order chi connectivity index (χ1) is 8.38. The van der Waals surface area contributed by atoms with E-state index in [-0.39, 0.29) is 0 Å². The zero-order valence-electron chi connectivity index (χ0n) is 10.7. The third-order valence-corrected chi connectivity index (χ3v) is 3.21. The molecule has 0 aromatic heterocycles. The minimum absolute atomic E-state index is 0.757. The van der Waals surface area contributed by atoms with Crippen molar-refractivity contribution >= 4 is 0 Å². The van der Waals surface area contributed by atoms with Gasteiger partial charge in [-0.2, -0.15) is 0 Å². The van der Waals surface area contributed by atoms with Gasteiger partial charge < -0.3 is 10.1 Å². The molecule has 2 rings (SSSR count). The van der Waals surface area contributed by atoms with E-state index in [0.717, 1.165) is 32.2 Å². The van der Waals surface area contributed by atoms with Gasteiger partial charge >= 0.3 is 0 Å². The summed E-state index contributed by atoms with van der Waals surface area (Å²) in [5, 5.41) is 3.34. The van der Waals surface area contributed by atoms with Gasteiger partial charge in [0, 0.05) is 13.2 Å². The van der Waals surface area contributed by atoms with Crippen LogP contribution in [0.4, 0.5) is 0 Å². The average Bonchev–Trinajstić information content (AvgIpc) is 3.17. The van der Waals surface area contributed by atoms with Gasteiger partial charge in [0.25, 0.3) is 0 Å². The highest BCUT2D eigenvalue weighted by molar-refractivity contribution is 5.22. The second-order valence-electron chi connectivity index (χ2n) is 4.88. The zero-order valence-corrected chi connectivity index (χ0v) is 10.7. The van der Waals surface area contributed by atoms with Gasteiger partial charge in [-0.05, 0) is 30.0 Å². The van der Waals surface area contributed by atoms with E-state index >= 15 is 0 Å². The molecule has 2 heteroatoms. The van der Waals surface area contributed by atoms with Crippen LogP contribution in [-0.4, -0.2) is 13.2 Å². The van der Waals surface area contributed by atoms with Gasteiger partial charge in [0.1, 0.15) is 0 Å². The van der Waals surface area contributed by atoms with Crippen LogP contribution in [0.2, 0.25) is 0 Å². The summed E-state index contributed by atoms with van der Waals surface area (Å²) < 4.78 is 5.71. The minimum atomic E-state index is 0.757. The Labute approximate surface area is 104 Å². The second-order valence-corrected chi connectivity index (χ2v) is 4.88. The quantitative estimate of drug-likeness (QED) is 0.697. The van der Waals surface area contributed by atoms with E-state index in [1.54, 1.807) is 0 Å². The van der Waals surface area contributed by atoms with Crippen LogP contribution in [0.25, 0.3) is 0 Å². The van der Waals surface area contributed by atoms with Crippen LogP contribution >= 0.6 is 0 Å². The molecule has 0 saturated heterocycles.